The minimum atomic E-state index is -1.55. The van der Waals surface area contributed by atoms with Gasteiger partial charge in [0.05, 0.1) is 13.0 Å². The van der Waals surface area contributed by atoms with E-state index in [9.17, 15) is 9.59 Å². The molecule has 2 N–H and O–H groups in total. The normalized spacial score (nSPS) is 12.2. The molecule has 0 heterocycles. The number of carboxylic acids is 1. The number of hydrogen-bond acceptors (Lipinski definition) is 4. The van der Waals surface area contributed by atoms with E-state index in [-0.39, 0.29) is 6.61 Å². The van der Waals surface area contributed by atoms with Crippen LogP contribution >= 0.6 is 0 Å². The summed E-state index contributed by atoms with van der Waals surface area (Å²) >= 11 is 0. The highest BCUT2D eigenvalue weighted by molar-refractivity contribution is 5.80. The van der Waals surface area contributed by atoms with Crippen molar-refractivity contribution in [1.29, 1.82) is 0 Å². The fraction of sp³-hybridized carbons (Fsp3) is 0.750. The second-order valence-electron chi connectivity index (χ2n) is 2.63. The second kappa shape index (κ2) is 6.42. The minimum absolute atomic E-state index is 0.228. The van der Waals surface area contributed by atoms with Crippen molar-refractivity contribution >= 4 is 11.9 Å². The van der Waals surface area contributed by atoms with Crippen molar-refractivity contribution in [3.8, 4) is 0 Å². The third kappa shape index (κ3) is 6.10. The third-order valence-corrected chi connectivity index (χ3v) is 1.38. The second-order valence-corrected chi connectivity index (χ2v) is 2.63. The lowest BCUT2D eigenvalue weighted by molar-refractivity contribution is -0.158. The van der Waals surface area contributed by atoms with Crippen LogP contribution < -0.4 is 0 Å². The summed E-state index contributed by atoms with van der Waals surface area (Å²) in [4.78, 5) is 20.9. The SMILES string of the molecule is CCCCOC(=O)C(O)CC(=O)O. The Morgan fingerprint density at radius 3 is 2.54 bits per heavy atom. The number of carbonyl (C=O) groups is 2. The van der Waals surface area contributed by atoms with E-state index in [1.165, 1.54) is 0 Å². The first-order valence-corrected chi connectivity index (χ1v) is 4.14. The van der Waals surface area contributed by atoms with Gasteiger partial charge in [-0.2, -0.15) is 0 Å². The Bertz CT molecular complexity index is 177. The number of ether oxygens (including phenoxy) is 1. The maximum Gasteiger partial charge on any atom is 0.335 e. The molecule has 0 saturated carbocycles. The molecule has 1 atom stereocenters. The predicted octanol–water partition coefficient (Wildman–Crippen LogP) is 0.165. The average Bonchev–Trinajstić information content (AvgIpc) is 2.03. The Balaban J connectivity index is 3.63. The van der Waals surface area contributed by atoms with Crippen LogP contribution in [-0.4, -0.2) is 34.9 Å². The molecule has 0 aliphatic rings. The summed E-state index contributed by atoms with van der Waals surface area (Å²) in [5.74, 6) is -2.09. The van der Waals surface area contributed by atoms with Gasteiger partial charge in [-0.3, -0.25) is 4.79 Å². The van der Waals surface area contributed by atoms with E-state index in [4.69, 9.17) is 10.2 Å². The number of rotatable bonds is 6. The van der Waals surface area contributed by atoms with Crippen molar-refractivity contribution in [2.75, 3.05) is 6.61 Å². The van der Waals surface area contributed by atoms with Crippen LogP contribution in [0.4, 0.5) is 0 Å². The van der Waals surface area contributed by atoms with Crippen molar-refractivity contribution < 1.29 is 24.5 Å². The van der Waals surface area contributed by atoms with E-state index in [2.05, 4.69) is 4.74 Å². The number of aliphatic carboxylic acids is 1. The van der Waals surface area contributed by atoms with Gasteiger partial charge in [0.25, 0.3) is 0 Å². The Morgan fingerprint density at radius 1 is 1.46 bits per heavy atom. The molecule has 5 heteroatoms. The van der Waals surface area contributed by atoms with Gasteiger partial charge in [0.2, 0.25) is 0 Å². The van der Waals surface area contributed by atoms with E-state index in [1.54, 1.807) is 0 Å². The summed E-state index contributed by atoms with van der Waals surface area (Å²) in [5, 5.41) is 17.2. The summed E-state index contributed by atoms with van der Waals surface area (Å²) in [6.07, 6.45) is -0.562. The number of esters is 1. The molecule has 1 unspecified atom stereocenters. The lowest BCUT2D eigenvalue weighted by atomic mass is 10.2. The number of hydrogen-bond donors (Lipinski definition) is 2. The molecular weight excluding hydrogens is 176 g/mol. The number of aliphatic hydroxyl groups excluding tert-OH is 1. The monoisotopic (exact) mass is 190 g/mol. The molecular formula is C8H14O5. The maximum absolute atomic E-state index is 10.8. The molecule has 13 heavy (non-hydrogen) atoms. The van der Waals surface area contributed by atoms with Gasteiger partial charge >= 0.3 is 11.9 Å². The van der Waals surface area contributed by atoms with Crippen molar-refractivity contribution in [3.05, 3.63) is 0 Å². The summed E-state index contributed by atoms with van der Waals surface area (Å²) in [6.45, 7) is 2.16. The first-order valence-electron chi connectivity index (χ1n) is 4.14. The fourth-order valence-corrected chi connectivity index (χ4v) is 0.662. The highest BCUT2D eigenvalue weighted by Gasteiger charge is 2.19. The lowest BCUT2D eigenvalue weighted by Crippen LogP contribution is -2.26. The standard InChI is InChI=1S/C8H14O5/c1-2-3-4-13-8(12)6(9)5-7(10)11/h6,9H,2-5H2,1H3,(H,10,11). The van der Waals surface area contributed by atoms with Crippen molar-refractivity contribution in [2.45, 2.75) is 32.3 Å². The van der Waals surface area contributed by atoms with Crippen molar-refractivity contribution in [3.63, 3.8) is 0 Å². The Hall–Kier alpha value is -1.10. The van der Waals surface area contributed by atoms with Gasteiger partial charge in [-0.15, -0.1) is 0 Å². The largest absolute Gasteiger partial charge is 0.481 e. The molecule has 0 radical (unpaired) electrons. The molecule has 0 spiro atoms. The molecule has 0 rings (SSSR count). The van der Waals surface area contributed by atoms with Crippen molar-refractivity contribution in [2.24, 2.45) is 0 Å². The summed E-state index contributed by atoms with van der Waals surface area (Å²) in [6, 6.07) is 0. The van der Waals surface area contributed by atoms with E-state index in [0.717, 1.165) is 6.42 Å². The topological polar surface area (TPSA) is 83.8 Å². The zero-order valence-corrected chi connectivity index (χ0v) is 7.52. The number of unbranched alkanes of at least 4 members (excludes halogenated alkanes) is 1. The van der Waals surface area contributed by atoms with Crippen LogP contribution in [0.5, 0.6) is 0 Å². The van der Waals surface area contributed by atoms with Gasteiger partial charge in [-0.25, -0.2) is 4.79 Å². The summed E-state index contributed by atoms with van der Waals surface area (Å²) in [5.41, 5.74) is 0. The molecule has 76 valence electrons. The van der Waals surface area contributed by atoms with Gasteiger partial charge in [-0.1, -0.05) is 13.3 Å². The number of aliphatic hydroxyl groups is 1. The van der Waals surface area contributed by atoms with Crippen LogP contribution in [0.25, 0.3) is 0 Å². The molecule has 0 amide bonds. The van der Waals surface area contributed by atoms with Gasteiger partial charge in [0.1, 0.15) is 0 Å². The van der Waals surface area contributed by atoms with Gasteiger partial charge in [0, 0.05) is 0 Å². The number of carbonyl (C=O) groups excluding carboxylic acids is 1. The zero-order chi connectivity index (χ0) is 10.3. The van der Waals surface area contributed by atoms with Crippen LogP contribution in [0.15, 0.2) is 0 Å². The molecule has 0 bridgehead atoms. The highest BCUT2D eigenvalue weighted by atomic mass is 16.5. The summed E-state index contributed by atoms with van der Waals surface area (Å²) in [7, 11) is 0. The Labute approximate surface area is 76.3 Å². The van der Waals surface area contributed by atoms with Crippen LogP contribution in [0.3, 0.4) is 0 Å². The highest BCUT2D eigenvalue weighted by Crippen LogP contribution is 1.97. The van der Waals surface area contributed by atoms with Crippen LogP contribution in [0, 0.1) is 0 Å². The molecule has 0 aliphatic carbocycles. The average molecular weight is 190 g/mol. The first-order chi connectivity index (χ1) is 6.07. The molecule has 5 nitrogen and oxygen atoms in total. The van der Waals surface area contributed by atoms with Gasteiger partial charge < -0.3 is 14.9 Å². The third-order valence-electron chi connectivity index (χ3n) is 1.38. The predicted molar refractivity (Wildman–Crippen MR) is 44.1 cm³/mol. The zero-order valence-electron chi connectivity index (χ0n) is 7.52. The van der Waals surface area contributed by atoms with Crippen LogP contribution in [0.2, 0.25) is 0 Å². The van der Waals surface area contributed by atoms with Gasteiger partial charge in [0.15, 0.2) is 6.10 Å². The Kier molecular flexibility index (Phi) is 5.88. The molecule has 0 aromatic carbocycles. The number of carboxylic acid groups (broad SMARTS) is 1. The van der Waals surface area contributed by atoms with E-state index < -0.39 is 24.5 Å². The molecule has 0 aliphatic heterocycles. The Morgan fingerprint density at radius 2 is 2.08 bits per heavy atom. The van der Waals surface area contributed by atoms with E-state index >= 15 is 0 Å². The van der Waals surface area contributed by atoms with Gasteiger partial charge in [-0.05, 0) is 6.42 Å². The fourth-order valence-electron chi connectivity index (χ4n) is 0.662. The van der Waals surface area contributed by atoms with Crippen LogP contribution in [-0.2, 0) is 14.3 Å². The maximum atomic E-state index is 10.8. The van der Waals surface area contributed by atoms with E-state index in [0.29, 0.717) is 6.42 Å². The molecule has 0 aromatic heterocycles. The minimum Gasteiger partial charge on any atom is -0.481 e. The molecule has 0 aromatic rings. The van der Waals surface area contributed by atoms with Crippen LogP contribution in [0.1, 0.15) is 26.2 Å². The smallest absolute Gasteiger partial charge is 0.335 e. The lowest BCUT2D eigenvalue weighted by Gasteiger charge is -2.07. The van der Waals surface area contributed by atoms with Crippen molar-refractivity contribution in [1.82, 2.24) is 0 Å². The quantitative estimate of drug-likeness (QED) is 0.460. The molecule has 0 saturated heterocycles. The molecule has 0 fully saturated rings. The van der Waals surface area contributed by atoms with E-state index in [1.807, 2.05) is 6.92 Å². The first kappa shape index (κ1) is 11.9. The summed E-state index contributed by atoms with van der Waals surface area (Å²) < 4.78 is 4.59.